The van der Waals surface area contributed by atoms with E-state index in [4.69, 9.17) is 11.6 Å². The molecule has 2 N–H and O–H groups in total. The summed E-state index contributed by atoms with van der Waals surface area (Å²) in [7, 11) is 0. The number of likely N-dealkylation sites (tertiary alicyclic amines) is 1. The first-order chi connectivity index (χ1) is 20.6. The van der Waals surface area contributed by atoms with Gasteiger partial charge in [0.2, 0.25) is 6.17 Å². The molecule has 0 aliphatic carbocycles. The van der Waals surface area contributed by atoms with E-state index in [9.17, 15) is 27.6 Å². The maximum Gasteiger partial charge on any atom is 0.406 e. The number of alkyl halides is 3. The number of carbonyl (C=O) groups is 2. The van der Waals surface area contributed by atoms with Crippen molar-refractivity contribution in [3.8, 4) is 0 Å². The second kappa shape index (κ2) is 11.3. The predicted octanol–water partition coefficient (Wildman–Crippen LogP) is 5.10. The number of anilines is 1. The second-order valence-corrected chi connectivity index (χ2v) is 10.9. The number of piperidine rings is 1. The molecule has 1 fully saturated rings. The number of benzene rings is 3. The Hall–Kier alpha value is -4.58. The summed E-state index contributed by atoms with van der Waals surface area (Å²) in [6.45, 7) is -1.03. The fourth-order valence-corrected chi connectivity index (χ4v) is 5.87. The lowest BCUT2D eigenvalue weighted by Crippen LogP contribution is -2.54. The van der Waals surface area contributed by atoms with Crippen molar-refractivity contribution in [1.29, 1.82) is 0 Å². The average molecular weight is 611 g/mol. The van der Waals surface area contributed by atoms with Crippen LogP contribution in [0.15, 0.2) is 82.6 Å². The van der Waals surface area contributed by atoms with Gasteiger partial charge >= 0.3 is 17.9 Å². The number of imidazole rings is 1. The largest absolute Gasteiger partial charge is 0.406 e. The lowest BCUT2D eigenvalue weighted by Gasteiger charge is -2.33. The van der Waals surface area contributed by atoms with E-state index in [2.05, 4.69) is 15.3 Å². The first-order valence-electron chi connectivity index (χ1n) is 13.6. The van der Waals surface area contributed by atoms with Crippen LogP contribution >= 0.6 is 11.6 Å². The quantitative estimate of drug-likeness (QED) is 0.336. The van der Waals surface area contributed by atoms with Crippen molar-refractivity contribution >= 4 is 46.0 Å². The molecule has 2 aliphatic rings. The lowest BCUT2D eigenvalue weighted by molar-refractivity contribution is -0.133. The summed E-state index contributed by atoms with van der Waals surface area (Å²) in [6.07, 6.45) is -5.39. The number of urea groups is 1. The molecule has 0 unspecified atom stereocenters. The number of fused-ring (bicyclic) bond motifs is 2. The van der Waals surface area contributed by atoms with Crippen molar-refractivity contribution in [2.75, 3.05) is 24.5 Å². The van der Waals surface area contributed by atoms with Crippen molar-refractivity contribution in [2.24, 2.45) is 4.99 Å². The lowest BCUT2D eigenvalue weighted by atomic mass is 10.0. The number of hydrogen-bond donors (Lipinski definition) is 2. The van der Waals surface area contributed by atoms with E-state index in [1.54, 1.807) is 71.3 Å². The SMILES string of the molecule is O=C(N[C@@H]1N=C(c2ccccc2)c2ccccc2N(CC(F)(F)F)C1=O)N1CCC(n2c(=O)[nH]c3cc(Cl)ccc32)CC1. The minimum absolute atomic E-state index is 0.0513. The molecule has 1 aromatic heterocycles. The van der Waals surface area contributed by atoms with Gasteiger partial charge in [0.1, 0.15) is 6.54 Å². The number of aromatic nitrogens is 2. The molecule has 0 radical (unpaired) electrons. The van der Waals surface area contributed by atoms with Crippen molar-refractivity contribution in [3.05, 3.63) is 99.4 Å². The highest BCUT2D eigenvalue weighted by molar-refractivity contribution is 6.31. The van der Waals surface area contributed by atoms with E-state index in [0.29, 0.717) is 44.9 Å². The number of nitrogens with one attached hydrogen (secondary N) is 2. The van der Waals surface area contributed by atoms with E-state index in [1.165, 1.54) is 11.0 Å². The van der Waals surface area contributed by atoms with Gasteiger partial charge in [-0.2, -0.15) is 13.2 Å². The van der Waals surface area contributed by atoms with Gasteiger partial charge in [0, 0.05) is 35.3 Å². The maximum absolute atomic E-state index is 13.7. The molecule has 4 aromatic rings. The average Bonchev–Trinajstić information content (AvgIpc) is 3.27. The van der Waals surface area contributed by atoms with Gasteiger partial charge in [-0.25, -0.2) is 14.6 Å². The minimum atomic E-state index is -4.69. The van der Waals surface area contributed by atoms with E-state index in [-0.39, 0.29) is 36.2 Å². The van der Waals surface area contributed by atoms with Gasteiger partial charge in [-0.1, -0.05) is 60.1 Å². The van der Waals surface area contributed by atoms with E-state index in [0.717, 1.165) is 0 Å². The van der Waals surface area contributed by atoms with Crippen molar-refractivity contribution in [1.82, 2.24) is 19.8 Å². The summed E-state index contributed by atoms with van der Waals surface area (Å²) < 4.78 is 42.7. The predicted molar refractivity (Wildman–Crippen MR) is 157 cm³/mol. The number of halogens is 4. The zero-order valence-electron chi connectivity index (χ0n) is 22.6. The van der Waals surface area contributed by atoms with Crippen LogP contribution in [0.5, 0.6) is 0 Å². The summed E-state index contributed by atoms with van der Waals surface area (Å²) >= 11 is 6.06. The van der Waals surface area contributed by atoms with Crippen molar-refractivity contribution in [2.45, 2.75) is 31.2 Å². The molecule has 2 aliphatic heterocycles. The minimum Gasteiger partial charge on any atom is -0.325 e. The number of aliphatic imine (C=N–C) groups is 1. The number of rotatable bonds is 4. The maximum atomic E-state index is 13.7. The number of aromatic amines is 1. The zero-order chi connectivity index (χ0) is 30.3. The molecular weight excluding hydrogens is 585 g/mol. The highest BCUT2D eigenvalue weighted by Gasteiger charge is 2.40. The molecule has 3 aromatic carbocycles. The standard InChI is InChI=1S/C30H26ClF3N6O3/c31-19-10-11-24-22(16-19)35-29(43)40(24)20-12-14-38(15-13-20)28(42)37-26-27(41)39(17-30(32,33)34)23-9-5-4-8-21(23)25(36-26)18-6-2-1-3-7-18/h1-11,16,20,26H,12-15,17H2,(H,35,43)(H,37,42)/t26-/m0/s1. The fourth-order valence-electron chi connectivity index (χ4n) is 5.69. The van der Waals surface area contributed by atoms with Gasteiger partial charge in [-0.05, 0) is 37.1 Å². The number of para-hydroxylation sites is 1. The Kier molecular flexibility index (Phi) is 7.47. The number of carbonyl (C=O) groups excluding carboxylic acids is 2. The van der Waals surface area contributed by atoms with E-state index >= 15 is 0 Å². The van der Waals surface area contributed by atoms with Crippen molar-refractivity contribution < 1.29 is 22.8 Å². The van der Waals surface area contributed by atoms with Crippen LogP contribution in [-0.4, -0.2) is 64.1 Å². The molecule has 13 heteroatoms. The Labute approximate surface area is 248 Å². The summed E-state index contributed by atoms with van der Waals surface area (Å²) in [5.74, 6) is -0.997. The van der Waals surface area contributed by atoms with Gasteiger partial charge < -0.3 is 15.2 Å². The third kappa shape index (κ3) is 5.74. The van der Waals surface area contributed by atoms with Gasteiger partial charge in [-0.15, -0.1) is 0 Å². The molecule has 3 heterocycles. The Bertz CT molecular complexity index is 1780. The Morgan fingerprint density at radius 2 is 1.70 bits per heavy atom. The van der Waals surface area contributed by atoms with Crippen LogP contribution in [0.4, 0.5) is 23.7 Å². The first-order valence-corrected chi connectivity index (χ1v) is 14.0. The summed E-state index contributed by atoms with van der Waals surface area (Å²) in [5.41, 5.74) is 2.30. The van der Waals surface area contributed by atoms with Crippen LogP contribution in [0.1, 0.15) is 30.0 Å². The van der Waals surface area contributed by atoms with Crippen molar-refractivity contribution in [3.63, 3.8) is 0 Å². The van der Waals surface area contributed by atoms with Gasteiger partial charge in [0.05, 0.1) is 22.4 Å². The normalized spacial score (nSPS) is 17.9. The molecule has 6 rings (SSSR count). The van der Waals surface area contributed by atoms with Gasteiger partial charge in [0.25, 0.3) is 5.91 Å². The topological polar surface area (TPSA) is 103 Å². The molecule has 1 saturated heterocycles. The van der Waals surface area contributed by atoms with Crippen LogP contribution in [-0.2, 0) is 4.79 Å². The van der Waals surface area contributed by atoms with Crippen LogP contribution in [0.25, 0.3) is 11.0 Å². The monoisotopic (exact) mass is 610 g/mol. The number of nitrogens with zero attached hydrogens (tertiary/aromatic N) is 4. The summed E-state index contributed by atoms with van der Waals surface area (Å²) in [5, 5.41) is 3.07. The molecule has 0 bridgehead atoms. The Morgan fingerprint density at radius 3 is 2.42 bits per heavy atom. The number of H-pyrrole nitrogens is 1. The molecule has 9 nitrogen and oxygen atoms in total. The molecule has 0 saturated carbocycles. The first kappa shape index (κ1) is 28.5. The Balaban J connectivity index is 1.26. The van der Waals surface area contributed by atoms with Gasteiger partial charge in [0.15, 0.2) is 0 Å². The van der Waals surface area contributed by atoms with Crippen LogP contribution in [0.2, 0.25) is 5.02 Å². The highest BCUT2D eigenvalue weighted by Crippen LogP contribution is 2.31. The third-order valence-corrected chi connectivity index (χ3v) is 7.88. The molecule has 43 heavy (non-hydrogen) atoms. The number of amides is 3. The summed E-state index contributed by atoms with van der Waals surface area (Å²) in [6, 6.07) is 19.3. The number of benzodiazepines with no additional fused rings is 1. The van der Waals surface area contributed by atoms with Gasteiger partial charge in [-0.3, -0.25) is 14.3 Å². The zero-order valence-corrected chi connectivity index (χ0v) is 23.4. The molecule has 0 spiro atoms. The molecule has 222 valence electrons. The molecular formula is C30H26ClF3N6O3. The highest BCUT2D eigenvalue weighted by atomic mass is 35.5. The van der Waals surface area contributed by atoms with Crippen LogP contribution < -0.4 is 15.9 Å². The third-order valence-electron chi connectivity index (χ3n) is 7.65. The van der Waals surface area contributed by atoms with E-state index in [1.807, 2.05) is 0 Å². The molecule has 3 amide bonds. The molecule has 1 atom stereocenters. The van der Waals surface area contributed by atoms with Crippen LogP contribution in [0, 0.1) is 0 Å². The second-order valence-electron chi connectivity index (χ2n) is 10.4. The summed E-state index contributed by atoms with van der Waals surface area (Å²) in [4.78, 5) is 49.2. The fraction of sp³-hybridized carbons (Fsp3) is 0.267. The van der Waals surface area contributed by atoms with Crippen LogP contribution in [0.3, 0.4) is 0 Å². The van der Waals surface area contributed by atoms with E-state index < -0.39 is 30.8 Å². The number of hydrogen-bond acceptors (Lipinski definition) is 4. The Morgan fingerprint density at radius 1 is 1.00 bits per heavy atom. The smallest absolute Gasteiger partial charge is 0.325 e.